The van der Waals surface area contributed by atoms with Gasteiger partial charge in [0.15, 0.2) is 11.5 Å². The van der Waals surface area contributed by atoms with Gasteiger partial charge in [-0.3, -0.25) is 9.28 Å². The highest BCUT2D eigenvalue weighted by Crippen LogP contribution is 2.33. The highest BCUT2D eigenvalue weighted by atomic mass is 19.1. The maximum atomic E-state index is 13.6. The number of likely N-dealkylation sites (N-methyl/N-ethyl adjacent to an activating group) is 2. The Kier molecular flexibility index (Phi) is 6.18. The Morgan fingerprint density at radius 3 is 2.72 bits per heavy atom. The SMILES string of the molecule is CN(C)C1CCCCC1[N+](C)(C)c1cnc(C(N)=O)c(NC2=CC(F)=CNC2)n1. The molecule has 2 unspecified atom stereocenters. The van der Waals surface area contributed by atoms with Crippen LogP contribution in [-0.4, -0.2) is 67.6 Å². The second kappa shape index (κ2) is 8.46. The van der Waals surface area contributed by atoms with E-state index in [1.807, 2.05) is 0 Å². The van der Waals surface area contributed by atoms with Gasteiger partial charge in [-0.15, -0.1) is 0 Å². The van der Waals surface area contributed by atoms with Crippen molar-refractivity contribution in [3.05, 3.63) is 35.7 Å². The fourth-order valence-electron chi connectivity index (χ4n) is 4.29. The van der Waals surface area contributed by atoms with Gasteiger partial charge in [0, 0.05) is 18.3 Å². The molecule has 9 heteroatoms. The first-order valence-corrected chi connectivity index (χ1v) is 9.94. The van der Waals surface area contributed by atoms with Crippen molar-refractivity contribution in [1.29, 1.82) is 0 Å². The number of hydrogen-bond donors (Lipinski definition) is 3. The average molecular weight is 405 g/mol. The molecule has 3 rings (SSSR count). The van der Waals surface area contributed by atoms with Gasteiger partial charge in [-0.2, -0.15) is 4.98 Å². The molecule has 2 heterocycles. The molecule has 1 fully saturated rings. The third kappa shape index (κ3) is 4.56. The van der Waals surface area contributed by atoms with Gasteiger partial charge in [0.25, 0.3) is 5.91 Å². The molecule has 0 radical (unpaired) electrons. The van der Waals surface area contributed by atoms with Crippen molar-refractivity contribution in [2.75, 3.05) is 40.1 Å². The average Bonchev–Trinajstić information content (AvgIpc) is 2.67. The smallest absolute Gasteiger partial charge is 0.271 e. The lowest BCUT2D eigenvalue weighted by molar-refractivity contribution is 0.0994. The van der Waals surface area contributed by atoms with E-state index in [1.54, 1.807) is 6.20 Å². The molecule has 29 heavy (non-hydrogen) atoms. The van der Waals surface area contributed by atoms with Crippen molar-refractivity contribution in [1.82, 2.24) is 24.7 Å². The molecule has 1 aliphatic carbocycles. The lowest BCUT2D eigenvalue weighted by Gasteiger charge is -2.45. The minimum Gasteiger partial charge on any atom is -0.383 e. The number of nitrogens with two attached hydrogens (primary N) is 1. The van der Waals surface area contributed by atoms with Crippen LogP contribution in [0.2, 0.25) is 0 Å². The molecule has 1 saturated carbocycles. The summed E-state index contributed by atoms with van der Waals surface area (Å²) in [5.74, 6) is -0.102. The van der Waals surface area contributed by atoms with Crippen molar-refractivity contribution in [3.8, 4) is 0 Å². The first-order chi connectivity index (χ1) is 13.7. The van der Waals surface area contributed by atoms with Crippen molar-refractivity contribution < 1.29 is 9.18 Å². The number of anilines is 1. The van der Waals surface area contributed by atoms with E-state index in [4.69, 9.17) is 10.7 Å². The van der Waals surface area contributed by atoms with Gasteiger partial charge in [0.1, 0.15) is 18.1 Å². The molecule has 1 aliphatic heterocycles. The Labute approximate surface area is 171 Å². The maximum absolute atomic E-state index is 13.6. The molecule has 0 saturated heterocycles. The van der Waals surface area contributed by atoms with Crippen LogP contribution in [0.4, 0.5) is 16.0 Å². The van der Waals surface area contributed by atoms with Crippen LogP contribution in [-0.2, 0) is 0 Å². The molecule has 2 atom stereocenters. The van der Waals surface area contributed by atoms with Gasteiger partial charge >= 0.3 is 0 Å². The molecule has 0 bridgehead atoms. The van der Waals surface area contributed by atoms with Crippen LogP contribution >= 0.6 is 0 Å². The minimum atomic E-state index is -0.680. The quantitative estimate of drug-likeness (QED) is 0.625. The van der Waals surface area contributed by atoms with Crippen molar-refractivity contribution in [3.63, 3.8) is 0 Å². The summed E-state index contributed by atoms with van der Waals surface area (Å²) in [7, 11) is 8.47. The molecule has 158 valence electrons. The molecule has 2 aliphatic rings. The summed E-state index contributed by atoms with van der Waals surface area (Å²) in [5.41, 5.74) is 6.09. The van der Waals surface area contributed by atoms with E-state index in [0.29, 0.717) is 28.8 Å². The molecular weight excluding hydrogens is 373 g/mol. The summed E-state index contributed by atoms with van der Waals surface area (Å²) < 4.78 is 14.1. The van der Waals surface area contributed by atoms with E-state index in [9.17, 15) is 9.18 Å². The standard InChI is InChI=1S/C20H30FN7O/c1-27(2)15-7-5-6-8-16(15)28(3,4)17-12-24-18(19(22)29)20(26-17)25-14-9-13(21)10-23-11-14/h9-10,12,15-16H,5-8,11H2,1-4H3,(H3-,22,23,24,25,26,29)/p+1. The number of hydrogen-bond acceptors (Lipinski definition) is 6. The van der Waals surface area contributed by atoms with E-state index in [-0.39, 0.29) is 11.5 Å². The third-order valence-corrected chi connectivity index (χ3v) is 5.89. The summed E-state index contributed by atoms with van der Waals surface area (Å²) in [6, 6.07) is 0.772. The first-order valence-electron chi connectivity index (χ1n) is 9.94. The highest BCUT2D eigenvalue weighted by molar-refractivity contribution is 5.95. The van der Waals surface area contributed by atoms with Crippen LogP contribution in [0.25, 0.3) is 0 Å². The Balaban J connectivity index is 1.96. The van der Waals surface area contributed by atoms with Crippen LogP contribution < -0.4 is 20.9 Å². The van der Waals surface area contributed by atoms with E-state index in [0.717, 1.165) is 18.7 Å². The number of carbonyl (C=O) groups excluding carboxylic acids is 1. The second-order valence-electron chi connectivity index (χ2n) is 8.42. The van der Waals surface area contributed by atoms with Crippen molar-refractivity contribution in [2.24, 2.45) is 5.73 Å². The molecule has 4 N–H and O–H groups in total. The lowest BCUT2D eigenvalue weighted by Crippen LogP contribution is -2.60. The number of amides is 1. The normalized spacial score (nSPS) is 22.6. The monoisotopic (exact) mass is 404 g/mol. The van der Waals surface area contributed by atoms with E-state index >= 15 is 0 Å². The minimum absolute atomic E-state index is 0.0393. The van der Waals surface area contributed by atoms with Gasteiger partial charge < -0.3 is 21.3 Å². The van der Waals surface area contributed by atoms with E-state index in [1.165, 1.54) is 25.1 Å². The molecule has 1 amide bonds. The van der Waals surface area contributed by atoms with Crippen LogP contribution in [0.3, 0.4) is 0 Å². The number of allylic oxidation sites excluding steroid dienone is 2. The zero-order valence-corrected chi connectivity index (χ0v) is 17.6. The number of dihydropyridines is 1. The summed E-state index contributed by atoms with van der Waals surface area (Å²) in [5, 5.41) is 5.86. The van der Waals surface area contributed by atoms with Crippen LogP contribution in [0, 0.1) is 0 Å². The molecule has 1 aromatic heterocycles. The number of carbonyl (C=O) groups is 1. The van der Waals surface area contributed by atoms with E-state index in [2.05, 4.69) is 48.7 Å². The van der Waals surface area contributed by atoms with Gasteiger partial charge in [-0.1, -0.05) is 6.42 Å². The number of quaternary nitrogens is 1. The number of nitrogens with one attached hydrogen (secondary N) is 2. The Hall–Kier alpha value is -2.52. The predicted molar refractivity (Wildman–Crippen MR) is 113 cm³/mol. The fraction of sp³-hybridized carbons (Fsp3) is 0.550. The third-order valence-electron chi connectivity index (χ3n) is 5.89. The second-order valence-corrected chi connectivity index (χ2v) is 8.42. The van der Waals surface area contributed by atoms with Gasteiger partial charge in [-0.05, 0) is 33.0 Å². The molecule has 0 spiro atoms. The Morgan fingerprint density at radius 1 is 1.34 bits per heavy atom. The predicted octanol–water partition coefficient (Wildman–Crippen LogP) is 1.73. The molecule has 0 aromatic carbocycles. The summed E-state index contributed by atoms with van der Waals surface area (Å²) >= 11 is 0. The molecular formula is C20H31FN7O+. The number of primary amides is 1. The summed E-state index contributed by atoms with van der Waals surface area (Å²) in [6.45, 7) is 0.390. The summed E-state index contributed by atoms with van der Waals surface area (Å²) in [6.07, 6.45) is 8.90. The largest absolute Gasteiger partial charge is 0.383 e. The number of rotatable bonds is 6. The number of nitrogens with zero attached hydrogens (tertiary/aromatic N) is 4. The van der Waals surface area contributed by atoms with Crippen molar-refractivity contribution >= 4 is 17.5 Å². The van der Waals surface area contributed by atoms with Crippen molar-refractivity contribution in [2.45, 2.75) is 37.8 Å². The van der Waals surface area contributed by atoms with E-state index < -0.39 is 11.7 Å². The first kappa shape index (κ1) is 21.2. The summed E-state index contributed by atoms with van der Waals surface area (Å²) in [4.78, 5) is 23.2. The number of aromatic nitrogens is 2. The Bertz CT molecular complexity index is 834. The van der Waals surface area contributed by atoms with Crippen LogP contribution in [0.5, 0.6) is 0 Å². The fourth-order valence-corrected chi connectivity index (χ4v) is 4.29. The highest BCUT2D eigenvalue weighted by Gasteiger charge is 2.41. The topological polar surface area (TPSA) is 96.2 Å². The Morgan fingerprint density at radius 2 is 2.07 bits per heavy atom. The maximum Gasteiger partial charge on any atom is 0.271 e. The molecule has 8 nitrogen and oxygen atoms in total. The van der Waals surface area contributed by atoms with Gasteiger partial charge in [0.2, 0.25) is 5.82 Å². The molecule has 1 aromatic rings. The number of halogens is 1. The van der Waals surface area contributed by atoms with Gasteiger partial charge in [-0.25, -0.2) is 9.37 Å². The van der Waals surface area contributed by atoms with Gasteiger partial charge in [0.05, 0.1) is 26.7 Å². The lowest BCUT2D eigenvalue weighted by atomic mass is 9.87. The zero-order valence-electron chi connectivity index (χ0n) is 17.6. The van der Waals surface area contributed by atoms with Crippen LogP contribution in [0.1, 0.15) is 36.2 Å². The zero-order chi connectivity index (χ0) is 21.2. The van der Waals surface area contributed by atoms with Crippen LogP contribution in [0.15, 0.2) is 30.0 Å².